The molecule has 0 aliphatic heterocycles. The number of aryl methyl sites for hydroxylation is 2. The molecule has 74 valence electrons. The van der Waals surface area contributed by atoms with Crippen LogP contribution in [0.1, 0.15) is 12.6 Å². The van der Waals surface area contributed by atoms with Gasteiger partial charge < -0.3 is 10.3 Å². The first-order valence-corrected chi connectivity index (χ1v) is 4.58. The van der Waals surface area contributed by atoms with E-state index in [0.717, 1.165) is 23.8 Å². The maximum absolute atomic E-state index is 4.32. The number of H-pyrrole nitrogens is 1. The normalized spacial score (nSPS) is 10.4. The second-order valence-corrected chi connectivity index (χ2v) is 3.08. The van der Waals surface area contributed by atoms with E-state index >= 15 is 0 Å². The summed E-state index contributed by atoms with van der Waals surface area (Å²) < 4.78 is 1.80. The molecule has 0 atom stereocenters. The van der Waals surface area contributed by atoms with Gasteiger partial charge in [-0.25, -0.2) is 4.98 Å². The van der Waals surface area contributed by atoms with Crippen molar-refractivity contribution in [1.29, 1.82) is 0 Å². The first-order valence-electron chi connectivity index (χ1n) is 4.58. The second-order valence-electron chi connectivity index (χ2n) is 3.08. The van der Waals surface area contributed by atoms with Gasteiger partial charge >= 0.3 is 0 Å². The molecule has 14 heavy (non-hydrogen) atoms. The summed E-state index contributed by atoms with van der Waals surface area (Å²) in [4.78, 5) is 7.08. The van der Waals surface area contributed by atoms with Crippen LogP contribution in [0.25, 0.3) is 0 Å². The number of anilines is 2. The van der Waals surface area contributed by atoms with Gasteiger partial charge in [0, 0.05) is 25.6 Å². The lowest BCUT2D eigenvalue weighted by molar-refractivity contribution is 0.746. The summed E-state index contributed by atoms with van der Waals surface area (Å²) in [7, 11) is 1.91. The van der Waals surface area contributed by atoms with E-state index in [-0.39, 0.29) is 0 Å². The van der Waals surface area contributed by atoms with E-state index in [4.69, 9.17) is 0 Å². The van der Waals surface area contributed by atoms with Crippen LogP contribution >= 0.6 is 0 Å². The third-order valence-corrected chi connectivity index (χ3v) is 1.99. The molecule has 2 heterocycles. The molecular formula is C9H13N5. The van der Waals surface area contributed by atoms with Crippen molar-refractivity contribution in [3.63, 3.8) is 0 Å². The molecule has 0 spiro atoms. The Morgan fingerprint density at radius 2 is 2.43 bits per heavy atom. The number of hydrogen-bond donors (Lipinski definition) is 2. The molecule has 0 unspecified atom stereocenters. The van der Waals surface area contributed by atoms with Crippen molar-refractivity contribution in [2.24, 2.45) is 7.05 Å². The molecule has 0 saturated carbocycles. The number of imidazole rings is 1. The Morgan fingerprint density at radius 1 is 1.57 bits per heavy atom. The molecule has 0 aliphatic carbocycles. The van der Waals surface area contributed by atoms with Crippen LogP contribution in [0.4, 0.5) is 11.6 Å². The highest BCUT2D eigenvalue weighted by atomic mass is 15.3. The topological polar surface area (TPSA) is 58.5 Å². The second kappa shape index (κ2) is 3.53. The monoisotopic (exact) mass is 191 g/mol. The van der Waals surface area contributed by atoms with Crippen LogP contribution in [0.2, 0.25) is 0 Å². The van der Waals surface area contributed by atoms with Crippen LogP contribution in [-0.4, -0.2) is 19.7 Å². The van der Waals surface area contributed by atoms with E-state index < -0.39 is 0 Å². The average molecular weight is 191 g/mol. The Labute approximate surface area is 82.2 Å². The van der Waals surface area contributed by atoms with Crippen LogP contribution in [-0.2, 0) is 13.5 Å². The van der Waals surface area contributed by atoms with Crippen LogP contribution in [0.15, 0.2) is 18.6 Å². The Morgan fingerprint density at radius 3 is 3.07 bits per heavy atom. The molecule has 5 nitrogen and oxygen atoms in total. The summed E-state index contributed by atoms with van der Waals surface area (Å²) >= 11 is 0. The Balaban J connectivity index is 2.23. The number of nitrogens with one attached hydrogen (secondary N) is 2. The molecule has 0 fully saturated rings. The number of nitrogens with zero attached hydrogens (tertiary/aromatic N) is 3. The minimum absolute atomic E-state index is 0.743. The molecule has 0 aliphatic rings. The quantitative estimate of drug-likeness (QED) is 0.772. The zero-order valence-electron chi connectivity index (χ0n) is 8.28. The Bertz CT molecular complexity index is 401. The van der Waals surface area contributed by atoms with Crippen molar-refractivity contribution in [2.45, 2.75) is 13.3 Å². The van der Waals surface area contributed by atoms with Crippen molar-refractivity contribution in [1.82, 2.24) is 19.7 Å². The van der Waals surface area contributed by atoms with Gasteiger partial charge in [0.25, 0.3) is 0 Å². The maximum atomic E-state index is 4.32. The molecule has 2 aromatic rings. The van der Waals surface area contributed by atoms with Crippen LogP contribution < -0.4 is 5.32 Å². The fourth-order valence-electron chi connectivity index (χ4n) is 1.36. The summed E-state index contributed by atoms with van der Waals surface area (Å²) in [5.74, 6) is 0.743. The first kappa shape index (κ1) is 8.80. The highest BCUT2D eigenvalue weighted by molar-refractivity contribution is 5.55. The highest BCUT2D eigenvalue weighted by Gasteiger charge is 2.06. The Hall–Kier alpha value is -1.78. The maximum Gasteiger partial charge on any atom is 0.204 e. The van der Waals surface area contributed by atoms with Gasteiger partial charge in [0.15, 0.2) is 0 Å². The summed E-state index contributed by atoms with van der Waals surface area (Å²) in [5.41, 5.74) is 2.05. The third kappa shape index (κ3) is 1.61. The largest absolute Gasteiger partial charge is 0.331 e. The van der Waals surface area contributed by atoms with Crippen LogP contribution in [0.3, 0.4) is 0 Å². The van der Waals surface area contributed by atoms with Crippen LogP contribution in [0.5, 0.6) is 0 Å². The number of aromatic amines is 1. The third-order valence-electron chi connectivity index (χ3n) is 1.99. The summed E-state index contributed by atoms with van der Waals surface area (Å²) in [5, 5.41) is 7.50. The lowest BCUT2D eigenvalue weighted by atomic mass is 10.3. The van der Waals surface area contributed by atoms with Crippen molar-refractivity contribution >= 4 is 11.6 Å². The molecule has 5 heteroatoms. The predicted molar refractivity (Wildman–Crippen MR) is 54.5 cm³/mol. The highest BCUT2D eigenvalue weighted by Crippen LogP contribution is 2.17. The smallest absolute Gasteiger partial charge is 0.204 e. The number of aromatic nitrogens is 4. The van der Waals surface area contributed by atoms with Gasteiger partial charge in [-0.1, -0.05) is 6.92 Å². The van der Waals surface area contributed by atoms with Crippen molar-refractivity contribution in [2.75, 3.05) is 5.32 Å². The Kier molecular flexibility index (Phi) is 2.22. The van der Waals surface area contributed by atoms with E-state index in [1.54, 1.807) is 17.1 Å². The molecule has 0 saturated heterocycles. The fraction of sp³-hybridized carbons (Fsp3) is 0.333. The van der Waals surface area contributed by atoms with Gasteiger partial charge in [-0.3, -0.25) is 4.68 Å². The fourth-order valence-corrected chi connectivity index (χ4v) is 1.36. The average Bonchev–Trinajstić information content (AvgIpc) is 2.76. The minimum atomic E-state index is 0.743. The van der Waals surface area contributed by atoms with E-state index in [1.807, 2.05) is 13.2 Å². The van der Waals surface area contributed by atoms with Crippen molar-refractivity contribution in [3.8, 4) is 0 Å². The lowest BCUT2D eigenvalue weighted by Crippen LogP contribution is -1.94. The van der Waals surface area contributed by atoms with Crippen LogP contribution in [0, 0.1) is 0 Å². The number of rotatable bonds is 3. The summed E-state index contributed by atoms with van der Waals surface area (Å²) in [6, 6.07) is 0. The summed E-state index contributed by atoms with van der Waals surface area (Å²) in [6.07, 6.45) is 6.35. The molecule has 2 rings (SSSR count). The zero-order valence-corrected chi connectivity index (χ0v) is 8.28. The van der Waals surface area contributed by atoms with Gasteiger partial charge in [-0.15, -0.1) is 0 Å². The van der Waals surface area contributed by atoms with E-state index in [2.05, 4.69) is 27.3 Å². The standard InChI is InChI=1S/C9H13N5/c1-3-7-8(6-14(2)13-7)12-9-10-4-5-11-9/h4-6H,3H2,1-2H3,(H2,10,11,12). The first-order chi connectivity index (χ1) is 6.79. The number of hydrogen-bond acceptors (Lipinski definition) is 3. The van der Waals surface area contributed by atoms with E-state index in [1.165, 1.54) is 0 Å². The molecule has 2 aromatic heterocycles. The van der Waals surface area contributed by atoms with Gasteiger partial charge in [-0.2, -0.15) is 5.10 Å². The van der Waals surface area contributed by atoms with Gasteiger partial charge in [0.2, 0.25) is 5.95 Å². The summed E-state index contributed by atoms with van der Waals surface area (Å²) in [6.45, 7) is 2.08. The molecule has 0 aromatic carbocycles. The predicted octanol–water partition coefficient (Wildman–Crippen LogP) is 1.45. The molecule has 0 bridgehead atoms. The lowest BCUT2D eigenvalue weighted by Gasteiger charge is -1.99. The van der Waals surface area contributed by atoms with Gasteiger partial charge in [0.1, 0.15) is 0 Å². The molecule has 2 N–H and O–H groups in total. The van der Waals surface area contributed by atoms with E-state index in [0.29, 0.717) is 0 Å². The molecular weight excluding hydrogens is 178 g/mol. The van der Waals surface area contributed by atoms with Gasteiger partial charge in [0.05, 0.1) is 11.4 Å². The molecule has 0 amide bonds. The van der Waals surface area contributed by atoms with E-state index in [9.17, 15) is 0 Å². The van der Waals surface area contributed by atoms with Crippen molar-refractivity contribution in [3.05, 3.63) is 24.3 Å². The van der Waals surface area contributed by atoms with Gasteiger partial charge in [-0.05, 0) is 6.42 Å². The zero-order chi connectivity index (χ0) is 9.97. The molecule has 0 radical (unpaired) electrons. The van der Waals surface area contributed by atoms with Crippen molar-refractivity contribution < 1.29 is 0 Å². The SMILES string of the molecule is CCc1nn(C)cc1Nc1ncc[nH]1. The minimum Gasteiger partial charge on any atom is -0.331 e.